The van der Waals surface area contributed by atoms with E-state index in [1.54, 1.807) is 13.0 Å². The molecule has 0 amide bonds. The molecular formula is C15H20ClNO3S. The zero-order valence-corrected chi connectivity index (χ0v) is 14.3. The van der Waals surface area contributed by atoms with E-state index in [9.17, 15) is 8.42 Å². The van der Waals surface area contributed by atoms with Gasteiger partial charge in [0.1, 0.15) is 4.90 Å². The van der Waals surface area contributed by atoms with Crippen molar-refractivity contribution in [3.05, 3.63) is 30.0 Å². The summed E-state index contributed by atoms with van der Waals surface area (Å²) in [7, 11) is 1.81. The number of aromatic nitrogens is 1. The van der Waals surface area contributed by atoms with E-state index in [4.69, 9.17) is 15.4 Å². The molecule has 0 N–H and O–H groups in total. The van der Waals surface area contributed by atoms with Crippen LogP contribution >= 0.6 is 10.7 Å². The maximum absolute atomic E-state index is 11.8. The molecule has 0 unspecified atom stereocenters. The third-order valence-corrected chi connectivity index (χ3v) is 4.73. The molecule has 6 heteroatoms. The summed E-state index contributed by atoms with van der Waals surface area (Å²) in [4.78, 5) is 0.190. The van der Waals surface area contributed by atoms with E-state index < -0.39 is 9.05 Å². The maximum atomic E-state index is 11.8. The molecule has 21 heavy (non-hydrogen) atoms. The summed E-state index contributed by atoms with van der Waals surface area (Å²) in [5, 5.41) is 0.653. The summed E-state index contributed by atoms with van der Waals surface area (Å²) < 4.78 is 31.3. The molecule has 1 aromatic heterocycles. The highest BCUT2D eigenvalue weighted by atomic mass is 35.7. The second kappa shape index (κ2) is 5.63. The summed E-state index contributed by atoms with van der Waals surface area (Å²) in [6.07, 6.45) is 0. The van der Waals surface area contributed by atoms with E-state index in [2.05, 4.69) is 0 Å². The molecule has 0 bridgehead atoms. The van der Waals surface area contributed by atoms with Gasteiger partial charge in [0.2, 0.25) is 0 Å². The first kappa shape index (κ1) is 16.3. The zero-order chi connectivity index (χ0) is 15.8. The van der Waals surface area contributed by atoms with Crippen LogP contribution in [0.2, 0.25) is 0 Å². The highest BCUT2D eigenvalue weighted by Gasteiger charge is 2.23. The van der Waals surface area contributed by atoms with Crippen LogP contribution in [0.15, 0.2) is 29.2 Å². The van der Waals surface area contributed by atoms with E-state index in [1.165, 1.54) is 0 Å². The van der Waals surface area contributed by atoms with Gasteiger partial charge in [-0.2, -0.15) is 0 Å². The Balaban J connectivity index is 2.47. The van der Waals surface area contributed by atoms with Crippen LogP contribution in [0.5, 0.6) is 0 Å². The lowest BCUT2D eigenvalue weighted by molar-refractivity contribution is -0.00664. The average molecular weight is 330 g/mol. The van der Waals surface area contributed by atoms with Gasteiger partial charge in [0.15, 0.2) is 0 Å². The number of nitrogens with zero attached hydrogens (tertiary/aromatic N) is 1. The Bertz CT molecular complexity index is 757. The van der Waals surface area contributed by atoms with Crippen LogP contribution in [0.3, 0.4) is 0 Å². The molecule has 116 valence electrons. The van der Waals surface area contributed by atoms with Crippen LogP contribution in [0.1, 0.15) is 26.5 Å². The Morgan fingerprint density at radius 1 is 1.24 bits per heavy atom. The fourth-order valence-corrected chi connectivity index (χ4v) is 3.92. The minimum Gasteiger partial charge on any atom is -0.374 e. The lowest BCUT2D eigenvalue weighted by Crippen LogP contribution is -2.22. The van der Waals surface area contributed by atoms with Crippen molar-refractivity contribution in [3.8, 4) is 0 Å². The molecular weight excluding hydrogens is 310 g/mol. The number of fused-ring (bicyclic) bond motifs is 1. The quantitative estimate of drug-likeness (QED) is 0.804. The molecule has 0 fully saturated rings. The molecule has 0 aliphatic carbocycles. The van der Waals surface area contributed by atoms with Gasteiger partial charge in [-0.1, -0.05) is 18.2 Å². The lowest BCUT2D eigenvalue weighted by atomic mass is 10.2. The summed E-state index contributed by atoms with van der Waals surface area (Å²) >= 11 is 0. The number of benzene rings is 1. The van der Waals surface area contributed by atoms with Gasteiger partial charge in [-0.25, -0.2) is 8.42 Å². The van der Waals surface area contributed by atoms with E-state index in [1.807, 2.05) is 43.5 Å². The minimum absolute atomic E-state index is 0.190. The van der Waals surface area contributed by atoms with Crippen LogP contribution in [-0.4, -0.2) is 25.2 Å². The van der Waals surface area contributed by atoms with Gasteiger partial charge in [-0.05, 0) is 33.8 Å². The Labute approximate surface area is 130 Å². The van der Waals surface area contributed by atoms with Crippen molar-refractivity contribution in [2.75, 3.05) is 6.61 Å². The summed E-state index contributed by atoms with van der Waals surface area (Å²) in [6, 6.07) is 7.36. The van der Waals surface area contributed by atoms with Crippen LogP contribution in [0, 0.1) is 6.92 Å². The number of hydrogen-bond donors (Lipinski definition) is 0. The van der Waals surface area contributed by atoms with E-state index in [0.29, 0.717) is 24.2 Å². The van der Waals surface area contributed by atoms with Crippen molar-refractivity contribution >= 4 is 30.6 Å². The maximum Gasteiger partial charge on any atom is 0.263 e. The average Bonchev–Trinajstić information content (AvgIpc) is 2.60. The van der Waals surface area contributed by atoms with Gasteiger partial charge in [0.05, 0.1) is 12.2 Å². The number of hydrogen-bond acceptors (Lipinski definition) is 3. The largest absolute Gasteiger partial charge is 0.374 e. The van der Waals surface area contributed by atoms with Crippen molar-refractivity contribution in [1.29, 1.82) is 0 Å². The highest BCUT2D eigenvalue weighted by Crippen LogP contribution is 2.31. The number of para-hydroxylation sites is 1. The van der Waals surface area contributed by atoms with E-state index >= 15 is 0 Å². The van der Waals surface area contributed by atoms with Crippen LogP contribution in [-0.2, 0) is 20.3 Å². The molecule has 1 aromatic carbocycles. The standard InChI is InChI=1S/C15H20ClNO3S/c1-11-14(21(16,18)19)12-7-5-6-8-13(12)17(11)9-10-20-15(2,3)4/h5-8H,9-10H2,1-4H3. The Kier molecular flexibility index (Phi) is 4.38. The topological polar surface area (TPSA) is 48.3 Å². The Hall–Kier alpha value is -1.04. The third-order valence-electron chi connectivity index (χ3n) is 3.27. The Morgan fingerprint density at radius 2 is 1.86 bits per heavy atom. The molecule has 0 radical (unpaired) electrons. The molecule has 4 nitrogen and oxygen atoms in total. The molecule has 0 atom stereocenters. The van der Waals surface area contributed by atoms with Crippen molar-refractivity contribution < 1.29 is 13.2 Å². The minimum atomic E-state index is -3.78. The number of halogens is 1. The fourth-order valence-electron chi connectivity index (χ4n) is 2.44. The number of ether oxygens (including phenoxy) is 1. The smallest absolute Gasteiger partial charge is 0.263 e. The molecule has 1 heterocycles. The monoisotopic (exact) mass is 329 g/mol. The van der Waals surface area contributed by atoms with Gasteiger partial charge in [0, 0.05) is 33.8 Å². The van der Waals surface area contributed by atoms with Crippen molar-refractivity contribution in [3.63, 3.8) is 0 Å². The molecule has 0 saturated carbocycles. The molecule has 0 spiro atoms. The first-order valence-electron chi connectivity index (χ1n) is 6.78. The van der Waals surface area contributed by atoms with Crippen LogP contribution < -0.4 is 0 Å². The van der Waals surface area contributed by atoms with Crippen LogP contribution in [0.4, 0.5) is 0 Å². The molecule has 0 aliphatic rings. The van der Waals surface area contributed by atoms with Gasteiger partial charge in [-0.15, -0.1) is 0 Å². The van der Waals surface area contributed by atoms with Gasteiger partial charge in [-0.3, -0.25) is 0 Å². The first-order valence-corrected chi connectivity index (χ1v) is 9.08. The summed E-state index contributed by atoms with van der Waals surface area (Å²) in [6.45, 7) is 8.82. The lowest BCUT2D eigenvalue weighted by Gasteiger charge is -2.20. The normalized spacial score (nSPS) is 13.0. The Morgan fingerprint density at radius 3 is 2.43 bits per heavy atom. The van der Waals surface area contributed by atoms with Crippen LogP contribution in [0.25, 0.3) is 10.9 Å². The third kappa shape index (κ3) is 3.59. The first-order chi connectivity index (χ1) is 9.61. The molecule has 0 saturated heterocycles. The predicted octanol–water partition coefficient (Wildman–Crippen LogP) is 3.69. The van der Waals surface area contributed by atoms with E-state index in [-0.39, 0.29) is 10.5 Å². The van der Waals surface area contributed by atoms with Crippen molar-refractivity contribution in [1.82, 2.24) is 4.57 Å². The zero-order valence-electron chi connectivity index (χ0n) is 12.7. The molecule has 2 aromatic rings. The van der Waals surface area contributed by atoms with E-state index in [0.717, 1.165) is 5.52 Å². The summed E-state index contributed by atoms with van der Waals surface area (Å²) in [5.74, 6) is 0. The van der Waals surface area contributed by atoms with Gasteiger partial charge in [0.25, 0.3) is 9.05 Å². The summed E-state index contributed by atoms with van der Waals surface area (Å²) in [5.41, 5.74) is 1.27. The second-order valence-electron chi connectivity index (χ2n) is 5.98. The van der Waals surface area contributed by atoms with Crippen molar-refractivity contribution in [2.45, 2.75) is 44.7 Å². The van der Waals surface area contributed by atoms with Gasteiger partial charge < -0.3 is 9.30 Å². The molecule has 0 aliphatic heterocycles. The number of rotatable bonds is 4. The molecule has 2 rings (SSSR count). The predicted molar refractivity (Wildman–Crippen MR) is 85.4 cm³/mol. The van der Waals surface area contributed by atoms with Gasteiger partial charge >= 0.3 is 0 Å². The fraction of sp³-hybridized carbons (Fsp3) is 0.467. The second-order valence-corrected chi connectivity index (χ2v) is 8.48. The SMILES string of the molecule is Cc1c(S(=O)(=O)Cl)c2ccccc2n1CCOC(C)(C)C. The van der Waals surface area contributed by atoms with Crippen molar-refractivity contribution in [2.24, 2.45) is 0 Å². The highest BCUT2D eigenvalue weighted by molar-refractivity contribution is 8.14.